The van der Waals surface area contributed by atoms with Crippen LogP contribution >= 0.6 is 12.2 Å². The first-order chi connectivity index (χ1) is 10.1. The molecule has 2 aliphatic rings. The summed E-state index contributed by atoms with van der Waals surface area (Å²) in [6, 6.07) is 3.52. The number of hydrogen-bond donors (Lipinski definition) is 1. The molecule has 21 heavy (non-hydrogen) atoms. The summed E-state index contributed by atoms with van der Waals surface area (Å²) >= 11 is 5.13. The maximum absolute atomic E-state index is 12.2. The predicted octanol–water partition coefficient (Wildman–Crippen LogP) is 1.50. The van der Waals surface area contributed by atoms with Crippen molar-refractivity contribution in [3.8, 4) is 17.2 Å². The van der Waals surface area contributed by atoms with Crippen LogP contribution in [-0.4, -0.2) is 36.4 Å². The Bertz CT molecular complexity index is 657. The number of methoxy groups -OCH3 is 1. The van der Waals surface area contributed by atoms with Crippen molar-refractivity contribution in [2.75, 3.05) is 20.4 Å². The molecule has 0 atom stereocenters. The highest BCUT2D eigenvalue weighted by Crippen LogP contribution is 2.39. The van der Waals surface area contributed by atoms with Crippen molar-refractivity contribution in [2.45, 2.75) is 6.92 Å². The van der Waals surface area contributed by atoms with Crippen LogP contribution in [0.2, 0.25) is 0 Å². The van der Waals surface area contributed by atoms with Crippen LogP contribution in [0.5, 0.6) is 17.2 Å². The molecular weight excluding hydrogens is 292 g/mol. The Balaban J connectivity index is 2.00. The Hall–Kier alpha value is -2.28. The van der Waals surface area contributed by atoms with Crippen molar-refractivity contribution in [3.63, 3.8) is 0 Å². The van der Waals surface area contributed by atoms with Gasteiger partial charge < -0.3 is 19.5 Å². The molecule has 0 unspecified atom stereocenters. The number of benzene rings is 1. The number of hydrogen-bond acceptors (Lipinski definition) is 5. The van der Waals surface area contributed by atoms with E-state index in [2.05, 4.69) is 5.32 Å². The van der Waals surface area contributed by atoms with E-state index in [0.29, 0.717) is 34.6 Å². The molecule has 0 bridgehead atoms. The lowest BCUT2D eigenvalue weighted by molar-refractivity contribution is -0.122. The molecular formula is C14H14N2O4S. The summed E-state index contributed by atoms with van der Waals surface area (Å²) in [6.07, 6.45) is 1.70. The molecule has 110 valence electrons. The highest BCUT2D eigenvalue weighted by atomic mass is 32.1. The highest BCUT2D eigenvalue weighted by molar-refractivity contribution is 7.80. The van der Waals surface area contributed by atoms with Gasteiger partial charge in [0.1, 0.15) is 11.4 Å². The summed E-state index contributed by atoms with van der Waals surface area (Å²) in [4.78, 5) is 13.7. The van der Waals surface area contributed by atoms with Gasteiger partial charge in [-0.15, -0.1) is 0 Å². The fourth-order valence-electron chi connectivity index (χ4n) is 2.24. The van der Waals surface area contributed by atoms with Gasteiger partial charge in [0.25, 0.3) is 5.91 Å². The van der Waals surface area contributed by atoms with Gasteiger partial charge >= 0.3 is 0 Å². The van der Waals surface area contributed by atoms with Crippen molar-refractivity contribution in [1.82, 2.24) is 10.2 Å². The van der Waals surface area contributed by atoms with E-state index in [-0.39, 0.29) is 12.7 Å². The van der Waals surface area contributed by atoms with Crippen LogP contribution in [0.4, 0.5) is 0 Å². The summed E-state index contributed by atoms with van der Waals surface area (Å²) in [6.45, 7) is 2.58. The van der Waals surface area contributed by atoms with Gasteiger partial charge in [0, 0.05) is 18.2 Å². The lowest BCUT2D eigenvalue weighted by atomic mass is 10.1. The first-order valence-electron chi connectivity index (χ1n) is 6.46. The molecule has 0 saturated carbocycles. The van der Waals surface area contributed by atoms with E-state index in [1.807, 2.05) is 6.92 Å². The number of rotatable bonds is 3. The maximum Gasteiger partial charge on any atom is 0.276 e. The average molecular weight is 306 g/mol. The minimum Gasteiger partial charge on any atom is -0.496 e. The molecule has 1 aromatic carbocycles. The zero-order chi connectivity index (χ0) is 15.0. The fourth-order valence-corrected chi connectivity index (χ4v) is 2.56. The van der Waals surface area contributed by atoms with E-state index >= 15 is 0 Å². The fraction of sp³-hybridized carbons (Fsp3) is 0.286. The highest BCUT2D eigenvalue weighted by Gasteiger charge is 2.29. The van der Waals surface area contributed by atoms with Gasteiger partial charge in [-0.3, -0.25) is 9.69 Å². The van der Waals surface area contributed by atoms with E-state index in [0.717, 1.165) is 5.56 Å². The summed E-state index contributed by atoms with van der Waals surface area (Å²) in [5, 5.41) is 3.32. The number of carbonyl (C=O) groups excluding carboxylic acids is 1. The summed E-state index contributed by atoms with van der Waals surface area (Å²) in [5.74, 6) is 1.71. The molecule has 1 aromatic rings. The first kappa shape index (κ1) is 13.7. The second-order valence-corrected chi connectivity index (χ2v) is 4.87. The van der Waals surface area contributed by atoms with Gasteiger partial charge in [0.05, 0.1) is 7.11 Å². The van der Waals surface area contributed by atoms with Crippen LogP contribution in [-0.2, 0) is 4.79 Å². The van der Waals surface area contributed by atoms with E-state index in [9.17, 15) is 4.79 Å². The summed E-state index contributed by atoms with van der Waals surface area (Å²) in [7, 11) is 1.56. The zero-order valence-corrected chi connectivity index (χ0v) is 12.5. The topological polar surface area (TPSA) is 60.0 Å². The Labute approximate surface area is 127 Å². The van der Waals surface area contributed by atoms with E-state index < -0.39 is 0 Å². The quantitative estimate of drug-likeness (QED) is 0.674. The monoisotopic (exact) mass is 306 g/mol. The molecule has 1 amide bonds. The number of amides is 1. The standard InChI is InChI=1S/C14H14N2O4S/c1-3-16-13(17)9(15-14(16)21)4-8-5-11-12(20-7-19-11)6-10(8)18-2/h4-6H,3,7H2,1-2H3,(H,15,21)/b9-4-. The normalized spacial score (nSPS) is 18.4. The van der Waals surface area contributed by atoms with E-state index in [1.54, 1.807) is 25.3 Å². The van der Waals surface area contributed by atoms with Crippen LogP contribution in [0, 0.1) is 0 Å². The number of likely N-dealkylation sites (N-methyl/N-ethyl adjacent to an activating group) is 1. The molecule has 1 saturated heterocycles. The Kier molecular flexibility index (Phi) is 3.42. The third kappa shape index (κ3) is 2.29. The van der Waals surface area contributed by atoms with Gasteiger partial charge in [0.15, 0.2) is 16.6 Å². The smallest absolute Gasteiger partial charge is 0.276 e. The van der Waals surface area contributed by atoms with Crippen LogP contribution in [0.3, 0.4) is 0 Å². The molecule has 1 N–H and O–H groups in total. The van der Waals surface area contributed by atoms with Crippen molar-refractivity contribution < 1.29 is 19.0 Å². The molecule has 0 aliphatic carbocycles. The maximum atomic E-state index is 12.2. The molecule has 3 rings (SSSR count). The Morgan fingerprint density at radius 3 is 2.76 bits per heavy atom. The zero-order valence-electron chi connectivity index (χ0n) is 11.6. The van der Waals surface area contributed by atoms with Gasteiger partial charge in [-0.25, -0.2) is 0 Å². The van der Waals surface area contributed by atoms with Gasteiger partial charge in [0.2, 0.25) is 6.79 Å². The van der Waals surface area contributed by atoms with E-state index in [4.69, 9.17) is 26.4 Å². The number of nitrogens with zero attached hydrogens (tertiary/aromatic N) is 1. The molecule has 0 aromatic heterocycles. The third-order valence-corrected chi connectivity index (χ3v) is 3.63. The largest absolute Gasteiger partial charge is 0.496 e. The number of thiocarbonyl (C=S) groups is 1. The SMILES string of the molecule is CCN1C(=O)/C(=C/c2cc3c(cc2OC)OCO3)NC1=S. The molecule has 6 nitrogen and oxygen atoms in total. The minimum absolute atomic E-state index is 0.151. The van der Waals surface area contributed by atoms with Gasteiger partial charge in [-0.05, 0) is 31.3 Å². The summed E-state index contributed by atoms with van der Waals surface area (Å²) in [5.41, 5.74) is 1.14. The van der Waals surface area contributed by atoms with Crippen molar-refractivity contribution in [1.29, 1.82) is 0 Å². The molecule has 0 radical (unpaired) electrons. The summed E-state index contributed by atoms with van der Waals surface area (Å²) < 4.78 is 16.0. The first-order valence-corrected chi connectivity index (χ1v) is 6.87. The molecule has 2 heterocycles. The average Bonchev–Trinajstić information content (AvgIpc) is 3.02. The lowest BCUT2D eigenvalue weighted by Crippen LogP contribution is -2.30. The Morgan fingerprint density at radius 2 is 2.14 bits per heavy atom. The van der Waals surface area contributed by atoms with Crippen molar-refractivity contribution >= 4 is 29.3 Å². The molecule has 7 heteroatoms. The number of nitrogens with one attached hydrogen (secondary N) is 1. The van der Waals surface area contributed by atoms with Crippen molar-refractivity contribution in [2.24, 2.45) is 0 Å². The number of carbonyl (C=O) groups is 1. The molecule has 2 aliphatic heterocycles. The number of fused-ring (bicyclic) bond motifs is 1. The number of ether oxygens (including phenoxy) is 3. The van der Waals surface area contributed by atoms with Gasteiger partial charge in [-0.1, -0.05) is 0 Å². The predicted molar refractivity (Wildman–Crippen MR) is 80.2 cm³/mol. The second kappa shape index (κ2) is 5.25. The molecule has 0 spiro atoms. The minimum atomic E-state index is -0.151. The van der Waals surface area contributed by atoms with Crippen LogP contribution in [0.15, 0.2) is 17.8 Å². The van der Waals surface area contributed by atoms with Crippen molar-refractivity contribution in [3.05, 3.63) is 23.4 Å². The third-order valence-electron chi connectivity index (χ3n) is 3.30. The van der Waals surface area contributed by atoms with Gasteiger partial charge in [-0.2, -0.15) is 0 Å². The van der Waals surface area contributed by atoms with E-state index in [1.165, 1.54) is 4.90 Å². The second-order valence-electron chi connectivity index (χ2n) is 4.48. The van der Waals surface area contributed by atoms with Crippen LogP contribution in [0.25, 0.3) is 6.08 Å². The Morgan fingerprint density at radius 1 is 1.43 bits per heavy atom. The van der Waals surface area contributed by atoms with Crippen LogP contribution < -0.4 is 19.5 Å². The molecule has 1 fully saturated rings. The van der Waals surface area contributed by atoms with Crippen LogP contribution in [0.1, 0.15) is 12.5 Å². The lowest BCUT2D eigenvalue weighted by Gasteiger charge is -2.09.